The van der Waals surface area contributed by atoms with Gasteiger partial charge in [0.1, 0.15) is 54.9 Å². The average Bonchev–Trinajstić information content (AvgIpc) is 3.18. The minimum Gasteiger partial charge on any atom is -0.726 e. The summed E-state index contributed by atoms with van der Waals surface area (Å²) >= 11 is 0. The van der Waals surface area contributed by atoms with Crippen molar-refractivity contribution < 1.29 is 116 Å². The zero-order valence-electron chi connectivity index (χ0n) is 36.8. The minimum atomic E-state index is -5.18. The molecule has 0 aromatic carbocycles. The molecule has 0 aromatic heterocycles. The standard InChI is InChI=1S/C42H68O18S.Na/c1-37(2)11-13-42(36(52)59-35-32(51)30(49)28(47)24(58-35)18-56-34-31(50)29(48)27(46)23(17-43)57-34)14-12-40(5)20(21(42)15-37)7-8-26-38(3)16-22(45)33(60-61(53,54)55)39(4,19-44)25(38)9-10-41(26,40)6;/h7,21-35,43-51H,8-19H2,1-6H3,(H,53,54,55);/q;+1/p-1/t21-,22+,23+,24+,25+,26+,27+,28+,29-,30-,31+,32+,33-,34+,35-,38-,39-,40+,41+,42-;/m0./s1. The summed E-state index contributed by atoms with van der Waals surface area (Å²) in [7, 11) is -5.18. The second-order valence-corrected chi connectivity index (χ2v) is 22.2. The van der Waals surface area contributed by atoms with E-state index in [-0.39, 0.29) is 64.6 Å². The van der Waals surface area contributed by atoms with Crippen LogP contribution in [0, 0.1) is 50.2 Å². The third-order valence-electron chi connectivity index (χ3n) is 17.5. The van der Waals surface area contributed by atoms with E-state index in [9.17, 15) is 63.7 Å². The fourth-order valence-electron chi connectivity index (χ4n) is 13.8. The van der Waals surface area contributed by atoms with Crippen LogP contribution in [0.1, 0.15) is 99.3 Å². The van der Waals surface area contributed by atoms with Gasteiger partial charge in [0.15, 0.2) is 6.29 Å². The normalized spacial score (nSPS) is 51.3. The van der Waals surface area contributed by atoms with Gasteiger partial charge >= 0.3 is 35.5 Å². The molecule has 7 rings (SSSR count). The summed E-state index contributed by atoms with van der Waals surface area (Å²) in [5.41, 5.74) is -2.69. The zero-order chi connectivity index (χ0) is 45.0. The molecule has 0 amide bonds. The quantitative estimate of drug-likeness (QED) is 0.0361. The molecule has 0 bridgehead atoms. The molecule has 9 N–H and O–H groups in total. The predicted octanol–water partition coefficient (Wildman–Crippen LogP) is -3.25. The SMILES string of the molecule is CC1(C)CC[C@]2(C(=O)O[C@@H]3O[C@H](CO[C@@H]4O[C@H](CO)[C@@H](O)[C@H](O)[C@H]4O)[C@@H](O)[C@H](O)[C@H]3O)CC[C@]3(C)C(=CC[C@@H]4[C@@]5(C)C[C@@H](O)[C@H](OS(=O)(=O)[O-])[C@@](C)(CO)[C@@H]5CC[C@]43C)[C@@H]2C1.[Na+]. The number of ether oxygens (including phenoxy) is 4. The first-order valence-electron chi connectivity index (χ1n) is 21.7. The molecular weight excluding hydrogens is 848 g/mol. The van der Waals surface area contributed by atoms with Crippen LogP contribution in [0.3, 0.4) is 0 Å². The van der Waals surface area contributed by atoms with Crippen LogP contribution in [0.15, 0.2) is 11.6 Å². The Hall–Kier alpha value is -0.400. The summed E-state index contributed by atoms with van der Waals surface area (Å²) in [5, 5.41) is 95.5. The maximum Gasteiger partial charge on any atom is 1.00 e. The number of esters is 1. The summed E-state index contributed by atoms with van der Waals surface area (Å²) in [6.07, 6.45) is -12.1. The Kier molecular flexibility index (Phi) is 14.5. The molecule has 0 radical (unpaired) electrons. The van der Waals surface area contributed by atoms with Crippen LogP contribution in [0.4, 0.5) is 0 Å². The Morgan fingerprint density at radius 3 is 2.00 bits per heavy atom. The van der Waals surface area contributed by atoms with Crippen molar-refractivity contribution in [3.8, 4) is 0 Å². The van der Waals surface area contributed by atoms with Gasteiger partial charge < -0.3 is 69.5 Å². The van der Waals surface area contributed by atoms with Crippen molar-refractivity contribution in [1.82, 2.24) is 0 Å². The molecular formula is C42H67NaO18S. The summed E-state index contributed by atoms with van der Waals surface area (Å²) < 4.78 is 63.3. The van der Waals surface area contributed by atoms with Gasteiger partial charge in [-0.3, -0.25) is 8.98 Å². The summed E-state index contributed by atoms with van der Waals surface area (Å²) in [4.78, 5) is 14.8. The van der Waals surface area contributed by atoms with E-state index in [0.29, 0.717) is 51.4 Å². The van der Waals surface area contributed by atoms with E-state index in [1.54, 1.807) is 6.92 Å². The number of aliphatic hydroxyl groups excluding tert-OH is 9. The Morgan fingerprint density at radius 1 is 0.790 bits per heavy atom. The van der Waals surface area contributed by atoms with Crippen molar-refractivity contribution in [2.24, 2.45) is 50.2 Å². The van der Waals surface area contributed by atoms with Gasteiger partial charge in [-0.05, 0) is 97.2 Å². The topological polar surface area (TPSA) is 302 Å². The van der Waals surface area contributed by atoms with Crippen LogP contribution in [-0.2, 0) is 38.3 Å². The molecule has 0 spiro atoms. The van der Waals surface area contributed by atoms with Crippen LogP contribution in [0.2, 0.25) is 0 Å². The van der Waals surface area contributed by atoms with Crippen LogP contribution < -0.4 is 29.6 Å². The number of carbonyl (C=O) groups excluding carboxylic acids is 1. The van der Waals surface area contributed by atoms with Crippen molar-refractivity contribution in [2.75, 3.05) is 19.8 Å². The number of hydrogen-bond donors (Lipinski definition) is 9. The monoisotopic (exact) mass is 914 g/mol. The molecule has 0 aromatic rings. The van der Waals surface area contributed by atoms with E-state index in [0.717, 1.165) is 5.57 Å². The predicted molar refractivity (Wildman–Crippen MR) is 209 cm³/mol. The van der Waals surface area contributed by atoms with Gasteiger partial charge in [0, 0.05) is 5.41 Å². The molecule has 20 heteroatoms. The number of allylic oxidation sites excluding steroid dienone is 2. The molecule has 0 unspecified atom stereocenters. The van der Waals surface area contributed by atoms with Gasteiger partial charge in [-0.1, -0.05) is 53.2 Å². The Bertz CT molecular complexity index is 1800. The van der Waals surface area contributed by atoms with Crippen molar-refractivity contribution in [3.63, 3.8) is 0 Å². The summed E-state index contributed by atoms with van der Waals surface area (Å²) in [6, 6.07) is 0. The Balaban J connectivity index is 0.00000641. The summed E-state index contributed by atoms with van der Waals surface area (Å²) in [5.74, 6) is -1.22. The molecule has 5 aliphatic carbocycles. The van der Waals surface area contributed by atoms with E-state index >= 15 is 0 Å². The molecule has 6 fully saturated rings. The number of fused-ring (bicyclic) bond motifs is 7. The van der Waals surface area contributed by atoms with Gasteiger partial charge in [0.05, 0.1) is 31.3 Å². The fraction of sp³-hybridized carbons (Fsp3) is 0.929. The van der Waals surface area contributed by atoms with Gasteiger partial charge in [-0.15, -0.1) is 0 Å². The van der Waals surface area contributed by atoms with Gasteiger partial charge in [0.2, 0.25) is 16.7 Å². The van der Waals surface area contributed by atoms with Crippen molar-refractivity contribution in [3.05, 3.63) is 11.6 Å². The summed E-state index contributed by atoms with van der Waals surface area (Å²) in [6.45, 7) is 10.9. The first-order valence-corrected chi connectivity index (χ1v) is 23.0. The van der Waals surface area contributed by atoms with Crippen molar-refractivity contribution in [1.29, 1.82) is 0 Å². The average molecular weight is 915 g/mol. The molecule has 2 aliphatic heterocycles. The third kappa shape index (κ3) is 8.14. The largest absolute Gasteiger partial charge is 1.00 e. The van der Waals surface area contributed by atoms with Gasteiger partial charge in [-0.25, -0.2) is 8.42 Å². The third-order valence-corrected chi connectivity index (χ3v) is 17.9. The molecule has 2 saturated heterocycles. The van der Waals surface area contributed by atoms with Crippen molar-refractivity contribution >= 4 is 16.4 Å². The van der Waals surface area contributed by atoms with Gasteiger partial charge in [0.25, 0.3) is 0 Å². The minimum absolute atomic E-state index is 0. The Morgan fingerprint density at radius 2 is 1.39 bits per heavy atom. The first kappa shape index (κ1) is 51.0. The van der Waals surface area contributed by atoms with Crippen molar-refractivity contribution in [2.45, 2.75) is 173 Å². The molecule has 7 aliphatic rings. The second-order valence-electron chi connectivity index (χ2n) is 21.2. The number of rotatable bonds is 9. The Labute approximate surface area is 385 Å². The van der Waals surface area contributed by atoms with Crippen LogP contribution >= 0.6 is 0 Å². The van der Waals surface area contributed by atoms with E-state index < -0.39 is 131 Å². The van der Waals surface area contributed by atoms with Crippen LogP contribution in [0.5, 0.6) is 0 Å². The number of hydrogen-bond acceptors (Lipinski definition) is 18. The molecule has 350 valence electrons. The second kappa shape index (κ2) is 17.6. The van der Waals surface area contributed by atoms with Gasteiger partial charge in [-0.2, -0.15) is 0 Å². The van der Waals surface area contributed by atoms with E-state index in [2.05, 4.69) is 40.7 Å². The molecule has 4 saturated carbocycles. The smallest absolute Gasteiger partial charge is 0.726 e. The number of aliphatic hydroxyl groups is 9. The number of carbonyl (C=O) groups is 1. The molecule has 20 atom stereocenters. The van der Waals surface area contributed by atoms with E-state index in [4.69, 9.17) is 23.1 Å². The fourth-order valence-corrected chi connectivity index (χ4v) is 14.4. The molecule has 62 heavy (non-hydrogen) atoms. The van der Waals surface area contributed by atoms with Crippen LogP contribution in [-0.4, -0.2) is 158 Å². The van der Waals surface area contributed by atoms with E-state index in [1.807, 2.05) is 0 Å². The first-order chi connectivity index (χ1) is 28.2. The van der Waals surface area contributed by atoms with Crippen LogP contribution in [0.25, 0.3) is 0 Å². The van der Waals surface area contributed by atoms with E-state index in [1.165, 1.54) is 0 Å². The maximum absolute atomic E-state index is 14.8. The molecule has 18 nitrogen and oxygen atoms in total. The molecule has 2 heterocycles. The zero-order valence-corrected chi connectivity index (χ0v) is 39.6. The maximum atomic E-state index is 14.8.